The topological polar surface area (TPSA) is 62.1 Å². The molecule has 0 spiro atoms. The summed E-state index contributed by atoms with van der Waals surface area (Å²) in [7, 11) is 1.62. The van der Waals surface area contributed by atoms with Crippen molar-refractivity contribution < 1.29 is 9.53 Å². The average Bonchev–Trinajstić information content (AvgIpc) is 2.47. The second kappa shape index (κ2) is 7.37. The van der Waals surface area contributed by atoms with E-state index in [1.54, 1.807) is 14.0 Å². The number of hydrogen-bond donors (Lipinski definition) is 1. The molecule has 1 aromatic carbocycles. The van der Waals surface area contributed by atoms with Crippen molar-refractivity contribution in [2.24, 2.45) is 5.92 Å². The van der Waals surface area contributed by atoms with E-state index in [0.29, 0.717) is 0 Å². The average molecular weight is 306 g/mol. The number of carbonyl (C=O) groups is 1. The number of benzene rings is 1. The molecule has 0 saturated heterocycles. The number of ether oxygens (including phenoxy) is 1. The molecule has 0 fully saturated rings. The predicted molar refractivity (Wildman–Crippen MR) is 85.3 cm³/mol. The Kier molecular flexibility index (Phi) is 6.10. The first-order chi connectivity index (χ1) is 9.82. The Bertz CT molecular complexity index is 522. The van der Waals surface area contributed by atoms with Gasteiger partial charge < -0.3 is 10.1 Å². The summed E-state index contributed by atoms with van der Waals surface area (Å²) in [6.07, 6.45) is 0. The van der Waals surface area contributed by atoms with Gasteiger partial charge in [-0.1, -0.05) is 13.8 Å². The normalized spacial score (nSPS) is 14.9. The molecule has 0 bridgehead atoms. The summed E-state index contributed by atoms with van der Waals surface area (Å²) < 4.78 is 5.10. The molecule has 0 aliphatic carbocycles. The molecule has 0 unspecified atom stereocenters. The van der Waals surface area contributed by atoms with Gasteiger partial charge in [0.2, 0.25) is 5.91 Å². The van der Waals surface area contributed by atoms with Crippen molar-refractivity contribution in [3.63, 3.8) is 0 Å². The van der Waals surface area contributed by atoms with E-state index < -0.39 is 5.54 Å². The van der Waals surface area contributed by atoms with Gasteiger partial charge in [-0.05, 0) is 44.0 Å². The van der Waals surface area contributed by atoms with E-state index in [9.17, 15) is 10.1 Å². The highest BCUT2D eigenvalue weighted by atomic mass is 32.2. The molecular formula is C16H22N2O2S. The van der Waals surface area contributed by atoms with Gasteiger partial charge in [-0.2, -0.15) is 5.26 Å². The molecule has 4 nitrogen and oxygen atoms in total. The second-order valence-electron chi connectivity index (χ2n) is 5.39. The largest absolute Gasteiger partial charge is 0.497 e. The number of methoxy groups -OCH3 is 1. The van der Waals surface area contributed by atoms with Crippen molar-refractivity contribution in [1.82, 2.24) is 5.32 Å². The Balaban J connectivity index is 2.68. The van der Waals surface area contributed by atoms with Gasteiger partial charge in [-0.3, -0.25) is 4.79 Å². The van der Waals surface area contributed by atoms with Crippen LogP contribution in [0.3, 0.4) is 0 Å². The van der Waals surface area contributed by atoms with E-state index in [1.807, 2.05) is 45.0 Å². The van der Waals surface area contributed by atoms with Crippen LogP contribution in [0.1, 0.15) is 27.7 Å². The number of hydrogen-bond acceptors (Lipinski definition) is 4. The highest BCUT2D eigenvalue weighted by Gasteiger charge is 2.31. The molecule has 1 N–H and O–H groups in total. The maximum Gasteiger partial charge on any atom is 0.234 e. The van der Waals surface area contributed by atoms with Crippen LogP contribution in [0.25, 0.3) is 0 Å². The van der Waals surface area contributed by atoms with Gasteiger partial charge in [0.25, 0.3) is 0 Å². The summed E-state index contributed by atoms with van der Waals surface area (Å²) in [5.74, 6) is 0.700. The Morgan fingerprint density at radius 2 is 1.90 bits per heavy atom. The molecule has 0 aliphatic heterocycles. The van der Waals surface area contributed by atoms with Crippen molar-refractivity contribution in [3.05, 3.63) is 24.3 Å². The third kappa shape index (κ3) is 4.68. The summed E-state index contributed by atoms with van der Waals surface area (Å²) in [5, 5.41) is 11.8. The standard InChI is InChI=1S/C16H22N2O2S/c1-11(2)16(4,10-17)18-15(19)12(3)21-14-8-6-13(20-5)7-9-14/h6-9,11-12H,1-5H3,(H,18,19)/t12-,16+/m1/s1. The molecule has 0 saturated carbocycles. The molecule has 114 valence electrons. The number of nitrogens with zero attached hydrogens (tertiary/aromatic N) is 1. The van der Waals surface area contributed by atoms with Crippen molar-refractivity contribution in [3.8, 4) is 11.8 Å². The highest BCUT2D eigenvalue weighted by Crippen LogP contribution is 2.26. The van der Waals surface area contributed by atoms with Gasteiger partial charge >= 0.3 is 0 Å². The van der Waals surface area contributed by atoms with Crippen LogP contribution in [0.2, 0.25) is 0 Å². The van der Waals surface area contributed by atoms with E-state index in [1.165, 1.54) is 11.8 Å². The lowest BCUT2D eigenvalue weighted by atomic mass is 9.90. The number of nitrogens with one attached hydrogen (secondary N) is 1. The SMILES string of the molecule is COc1ccc(S[C@H](C)C(=O)N[C@@](C)(C#N)C(C)C)cc1. The zero-order valence-electron chi connectivity index (χ0n) is 13.1. The van der Waals surface area contributed by atoms with Crippen LogP contribution in [-0.4, -0.2) is 23.8 Å². The monoisotopic (exact) mass is 306 g/mol. The summed E-state index contributed by atoms with van der Waals surface area (Å²) in [5.41, 5.74) is -0.841. The number of thioether (sulfide) groups is 1. The van der Waals surface area contributed by atoms with Crippen molar-refractivity contribution in [2.75, 3.05) is 7.11 Å². The van der Waals surface area contributed by atoms with Gasteiger partial charge in [-0.15, -0.1) is 11.8 Å². The molecule has 0 aromatic heterocycles. The molecule has 2 atom stereocenters. The van der Waals surface area contributed by atoms with Crippen molar-refractivity contribution in [1.29, 1.82) is 5.26 Å². The van der Waals surface area contributed by atoms with Crippen LogP contribution in [0.4, 0.5) is 0 Å². The maximum atomic E-state index is 12.2. The van der Waals surface area contributed by atoms with Crippen LogP contribution < -0.4 is 10.1 Å². The molecule has 1 aromatic rings. The lowest BCUT2D eigenvalue weighted by Crippen LogP contribution is -2.51. The molecule has 21 heavy (non-hydrogen) atoms. The minimum absolute atomic E-state index is 0.0460. The van der Waals surface area contributed by atoms with Gasteiger partial charge in [-0.25, -0.2) is 0 Å². The Labute approximate surface area is 130 Å². The van der Waals surface area contributed by atoms with E-state index in [0.717, 1.165) is 10.6 Å². The first-order valence-electron chi connectivity index (χ1n) is 6.86. The first-order valence-corrected chi connectivity index (χ1v) is 7.74. The molecule has 1 rings (SSSR count). The third-order valence-corrected chi connectivity index (χ3v) is 4.62. The minimum atomic E-state index is -0.841. The fraction of sp³-hybridized carbons (Fsp3) is 0.500. The lowest BCUT2D eigenvalue weighted by Gasteiger charge is -2.28. The van der Waals surface area contributed by atoms with Gasteiger partial charge in [0.05, 0.1) is 18.4 Å². The third-order valence-electron chi connectivity index (χ3n) is 3.51. The molecule has 0 aliphatic rings. The van der Waals surface area contributed by atoms with Crippen LogP contribution >= 0.6 is 11.8 Å². The summed E-state index contributed by atoms with van der Waals surface area (Å²) in [6.45, 7) is 7.43. The number of rotatable bonds is 6. The highest BCUT2D eigenvalue weighted by molar-refractivity contribution is 8.00. The van der Waals surface area contributed by atoms with E-state index in [-0.39, 0.29) is 17.1 Å². The fourth-order valence-corrected chi connectivity index (χ4v) is 2.44. The molecule has 0 radical (unpaired) electrons. The second-order valence-corrected chi connectivity index (χ2v) is 6.81. The van der Waals surface area contributed by atoms with Gasteiger partial charge in [0, 0.05) is 4.90 Å². The Hall–Kier alpha value is -1.67. The van der Waals surface area contributed by atoms with E-state index in [4.69, 9.17) is 4.74 Å². The number of amides is 1. The zero-order valence-corrected chi connectivity index (χ0v) is 14.0. The summed E-state index contributed by atoms with van der Waals surface area (Å²) in [4.78, 5) is 13.2. The smallest absolute Gasteiger partial charge is 0.234 e. The molecule has 1 amide bonds. The summed E-state index contributed by atoms with van der Waals surface area (Å²) in [6, 6.07) is 9.74. The van der Waals surface area contributed by atoms with Crippen molar-refractivity contribution >= 4 is 17.7 Å². The Morgan fingerprint density at radius 3 is 2.33 bits per heavy atom. The Morgan fingerprint density at radius 1 is 1.33 bits per heavy atom. The summed E-state index contributed by atoms with van der Waals surface area (Å²) >= 11 is 1.46. The predicted octanol–water partition coefficient (Wildman–Crippen LogP) is 3.23. The molecule has 5 heteroatoms. The first kappa shape index (κ1) is 17.4. The van der Waals surface area contributed by atoms with Gasteiger partial charge in [0.15, 0.2) is 0 Å². The quantitative estimate of drug-likeness (QED) is 0.820. The number of carbonyl (C=O) groups excluding carboxylic acids is 1. The molecule has 0 heterocycles. The zero-order chi connectivity index (χ0) is 16.0. The fourth-order valence-electron chi connectivity index (χ4n) is 1.57. The van der Waals surface area contributed by atoms with Gasteiger partial charge in [0.1, 0.15) is 11.3 Å². The van der Waals surface area contributed by atoms with Crippen LogP contribution in [0.15, 0.2) is 29.2 Å². The van der Waals surface area contributed by atoms with Crippen molar-refractivity contribution in [2.45, 2.75) is 43.4 Å². The lowest BCUT2D eigenvalue weighted by molar-refractivity contribution is -0.121. The molecular weight excluding hydrogens is 284 g/mol. The van der Waals surface area contributed by atoms with Crippen LogP contribution in [0, 0.1) is 17.2 Å². The van der Waals surface area contributed by atoms with Crippen LogP contribution in [-0.2, 0) is 4.79 Å². The van der Waals surface area contributed by atoms with E-state index >= 15 is 0 Å². The maximum absolute atomic E-state index is 12.2. The van der Waals surface area contributed by atoms with E-state index in [2.05, 4.69) is 11.4 Å². The number of nitriles is 1. The minimum Gasteiger partial charge on any atom is -0.497 e. The van der Waals surface area contributed by atoms with Crippen LogP contribution in [0.5, 0.6) is 5.75 Å².